The molecule has 3 N–H and O–H groups in total. The molecule has 0 saturated heterocycles. The number of hydrogen-bond donors (Lipinski definition) is 3. The molecule has 1 aliphatic rings. The maximum absolute atomic E-state index is 13.0. The van der Waals surface area contributed by atoms with Crippen molar-refractivity contribution in [3.63, 3.8) is 0 Å². The van der Waals surface area contributed by atoms with Crippen LogP contribution >= 0.6 is 0 Å². The van der Waals surface area contributed by atoms with Gasteiger partial charge in [0.05, 0.1) is 5.57 Å². The van der Waals surface area contributed by atoms with Crippen molar-refractivity contribution in [2.45, 2.75) is 19.5 Å². The second-order valence-electron chi connectivity index (χ2n) is 6.36. The SMILES string of the molecule is CC1=C(C(=O)NCc2ccccc2)[C@H](c2cccc(O)c2)n2ncnc2N1. The van der Waals surface area contributed by atoms with Crippen molar-refractivity contribution in [2.24, 2.45) is 0 Å². The Labute approximate surface area is 156 Å². The minimum atomic E-state index is -0.480. The first kappa shape index (κ1) is 16.8. The summed E-state index contributed by atoms with van der Waals surface area (Å²) >= 11 is 0. The zero-order valence-electron chi connectivity index (χ0n) is 14.8. The Bertz CT molecular complexity index is 1010. The highest BCUT2D eigenvalue weighted by Crippen LogP contribution is 2.35. The molecule has 0 fully saturated rings. The summed E-state index contributed by atoms with van der Waals surface area (Å²) < 4.78 is 1.65. The van der Waals surface area contributed by atoms with Crippen LogP contribution in [0.4, 0.5) is 5.95 Å². The summed E-state index contributed by atoms with van der Waals surface area (Å²) in [5.74, 6) is 0.494. The molecule has 2 heterocycles. The maximum Gasteiger partial charge on any atom is 0.251 e. The van der Waals surface area contributed by atoms with E-state index in [1.165, 1.54) is 6.33 Å². The Morgan fingerprint density at radius 2 is 2.04 bits per heavy atom. The molecule has 0 aliphatic carbocycles. The van der Waals surface area contributed by atoms with E-state index in [1.54, 1.807) is 22.9 Å². The molecule has 0 saturated carbocycles. The van der Waals surface area contributed by atoms with Crippen LogP contribution in [0.25, 0.3) is 0 Å². The number of rotatable bonds is 4. The summed E-state index contributed by atoms with van der Waals surface area (Å²) in [6.07, 6.45) is 1.44. The summed E-state index contributed by atoms with van der Waals surface area (Å²) in [4.78, 5) is 17.3. The highest BCUT2D eigenvalue weighted by molar-refractivity contribution is 5.96. The second kappa shape index (κ2) is 6.95. The van der Waals surface area contributed by atoms with Crippen LogP contribution in [0, 0.1) is 0 Å². The largest absolute Gasteiger partial charge is 0.508 e. The molecular formula is C20H19N5O2. The molecule has 27 heavy (non-hydrogen) atoms. The van der Waals surface area contributed by atoms with Crippen LogP contribution in [0.1, 0.15) is 24.1 Å². The van der Waals surface area contributed by atoms with Gasteiger partial charge in [0, 0.05) is 12.2 Å². The quantitative estimate of drug-likeness (QED) is 0.664. The summed E-state index contributed by atoms with van der Waals surface area (Å²) in [6.45, 7) is 2.26. The zero-order chi connectivity index (χ0) is 18.8. The average molecular weight is 361 g/mol. The molecule has 136 valence electrons. The molecule has 7 nitrogen and oxygen atoms in total. The second-order valence-corrected chi connectivity index (χ2v) is 6.36. The number of allylic oxidation sites excluding steroid dienone is 1. The Hall–Kier alpha value is -3.61. The van der Waals surface area contributed by atoms with E-state index in [-0.39, 0.29) is 11.7 Å². The summed E-state index contributed by atoms with van der Waals surface area (Å²) in [7, 11) is 0. The number of nitrogens with zero attached hydrogens (tertiary/aromatic N) is 3. The average Bonchev–Trinajstić information content (AvgIpc) is 3.13. The van der Waals surface area contributed by atoms with Crippen molar-refractivity contribution < 1.29 is 9.90 Å². The van der Waals surface area contributed by atoms with Crippen LogP contribution in [0.2, 0.25) is 0 Å². The molecule has 0 unspecified atom stereocenters. The van der Waals surface area contributed by atoms with Crippen molar-refractivity contribution in [1.29, 1.82) is 0 Å². The number of benzene rings is 2. The fraction of sp³-hybridized carbons (Fsp3) is 0.150. The smallest absolute Gasteiger partial charge is 0.251 e. The summed E-state index contributed by atoms with van der Waals surface area (Å²) in [5.41, 5.74) is 3.01. The predicted molar refractivity (Wildman–Crippen MR) is 101 cm³/mol. The van der Waals surface area contributed by atoms with Gasteiger partial charge in [-0.2, -0.15) is 10.1 Å². The predicted octanol–water partition coefficient (Wildman–Crippen LogP) is 2.59. The number of hydrogen-bond acceptors (Lipinski definition) is 5. The number of phenolic OH excluding ortho intramolecular Hbond substituents is 1. The molecule has 4 rings (SSSR count). The standard InChI is InChI=1S/C20H19N5O2/c1-13-17(19(27)21-11-14-6-3-2-4-7-14)18(15-8-5-9-16(26)10-15)25-20(24-13)22-12-23-25/h2-10,12,18,26H,11H2,1H3,(H,21,27)(H,22,23,24)/t18-/m0/s1. The maximum atomic E-state index is 13.0. The fourth-order valence-corrected chi connectivity index (χ4v) is 3.26. The lowest BCUT2D eigenvalue weighted by Crippen LogP contribution is -2.34. The third-order valence-electron chi connectivity index (χ3n) is 4.52. The minimum absolute atomic E-state index is 0.134. The number of fused-ring (bicyclic) bond motifs is 1. The number of amides is 1. The van der Waals surface area contributed by atoms with Gasteiger partial charge < -0.3 is 15.7 Å². The van der Waals surface area contributed by atoms with Crippen LogP contribution < -0.4 is 10.6 Å². The van der Waals surface area contributed by atoms with Crippen molar-refractivity contribution in [2.75, 3.05) is 5.32 Å². The number of aromatic nitrogens is 3. The third kappa shape index (κ3) is 3.27. The van der Waals surface area contributed by atoms with Gasteiger partial charge in [0.1, 0.15) is 18.1 Å². The van der Waals surface area contributed by atoms with Gasteiger partial charge in [0.15, 0.2) is 0 Å². The van der Waals surface area contributed by atoms with E-state index in [1.807, 2.05) is 43.3 Å². The molecule has 2 aromatic carbocycles. The molecule has 7 heteroatoms. The van der Waals surface area contributed by atoms with Gasteiger partial charge >= 0.3 is 0 Å². The van der Waals surface area contributed by atoms with Crippen LogP contribution in [0.3, 0.4) is 0 Å². The molecule has 0 spiro atoms. The first-order valence-corrected chi connectivity index (χ1v) is 8.62. The van der Waals surface area contributed by atoms with Gasteiger partial charge in [-0.1, -0.05) is 42.5 Å². The number of carbonyl (C=O) groups is 1. The van der Waals surface area contributed by atoms with Gasteiger partial charge in [-0.3, -0.25) is 4.79 Å². The van der Waals surface area contributed by atoms with Crippen molar-refractivity contribution >= 4 is 11.9 Å². The number of carbonyl (C=O) groups excluding carboxylic acids is 1. The van der Waals surface area contributed by atoms with E-state index in [4.69, 9.17) is 0 Å². The first-order valence-electron chi connectivity index (χ1n) is 8.62. The minimum Gasteiger partial charge on any atom is -0.508 e. The Balaban J connectivity index is 1.69. The molecule has 1 atom stereocenters. The van der Waals surface area contributed by atoms with E-state index in [9.17, 15) is 9.90 Å². The Kier molecular flexibility index (Phi) is 4.33. The Morgan fingerprint density at radius 3 is 2.81 bits per heavy atom. The van der Waals surface area contributed by atoms with Gasteiger partial charge in [0.25, 0.3) is 5.91 Å². The molecule has 3 aromatic rings. The van der Waals surface area contributed by atoms with Crippen molar-refractivity contribution in [3.8, 4) is 5.75 Å². The van der Waals surface area contributed by atoms with Gasteiger partial charge in [-0.05, 0) is 30.2 Å². The number of phenols is 1. The molecule has 1 amide bonds. The number of aromatic hydroxyl groups is 1. The topological polar surface area (TPSA) is 92.1 Å². The first-order chi connectivity index (χ1) is 13.1. The lowest BCUT2D eigenvalue weighted by atomic mass is 9.95. The van der Waals surface area contributed by atoms with Crippen molar-refractivity contribution in [3.05, 3.63) is 83.3 Å². The van der Waals surface area contributed by atoms with E-state index >= 15 is 0 Å². The number of nitrogens with one attached hydrogen (secondary N) is 2. The fourth-order valence-electron chi connectivity index (χ4n) is 3.26. The van der Waals surface area contributed by atoms with Crippen molar-refractivity contribution in [1.82, 2.24) is 20.1 Å². The number of anilines is 1. The summed E-state index contributed by atoms with van der Waals surface area (Å²) in [5, 5.41) is 20.3. The highest BCUT2D eigenvalue weighted by atomic mass is 16.3. The monoisotopic (exact) mass is 361 g/mol. The zero-order valence-corrected chi connectivity index (χ0v) is 14.8. The van der Waals surface area contributed by atoms with Gasteiger partial charge in [0.2, 0.25) is 5.95 Å². The van der Waals surface area contributed by atoms with E-state index in [0.717, 1.165) is 11.1 Å². The van der Waals surface area contributed by atoms with Gasteiger partial charge in [-0.25, -0.2) is 4.68 Å². The molecule has 1 aliphatic heterocycles. The third-order valence-corrected chi connectivity index (χ3v) is 4.52. The normalized spacial score (nSPS) is 15.8. The molecule has 0 radical (unpaired) electrons. The summed E-state index contributed by atoms with van der Waals surface area (Å²) in [6, 6.07) is 16.1. The van der Waals surface area contributed by atoms with E-state index < -0.39 is 6.04 Å². The molecule has 1 aromatic heterocycles. The van der Waals surface area contributed by atoms with Crippen LogP contribution in [0.15, 0.2) is 72.2 Å². The van der Waals surface area contributed by atoms with E-state index in [0.29, 0.717) is 23.8 Å². The lowest BCUT2D eigenvalue weighted by Gasteiger charge is -2.28. The van der Waals surface area contributed by atoms with Crippen LogP contribution in [-0.2, 0) is 11.3 Å². The molecule has 0 bridgehead atoms. The van der Waals surface area contributed by atoms with Gasteiger partial charge in [-0.15, -0.1) is 0 Å². The van der Waals surface area contributed by atoms with Crippen LogP contribution in [-0.4, -0.2) is 25.8 Å². The van der Waals surface area contributed by atoms with Crippen LogP contribution in [0.5, 0.6) is 5.75 Å². The Morgan fingerprint density at radius 1 is 1.22 bits per heavy atom. The van der Waals surface area contributed by atoms with E-state index in [2.05, 4.69) is 20.7 Å². The lowest BCUT2D eigenvalue weighted by molar-refractivity contribution is -0.118. The highest BCUT2D eigenvalue weighted by Gasteiger charge is 2.33. The molecular weight excluding hydrogens is 342 g/mol.